The summed E-state index contributed by atoms with van der Waals surface area (Å²) in [7, 11) is -3.86. The van der Waals surface area contributed by atoms with Gasteiger partial charge in [0.15, 0.2) is 0 Å². The minimum absolute atomic E-state index is 0.0102. The molecule has 7 heteroatoms. The van der Waals surface area contributed by atoms with Gasteiger partial charge in [-0.05, 0) is 36.8 Å². The van der Waals surface area contributed by atoms with Gasteiger partial charge in [0.1, 0.15) is 5.75 Å². The fourth-order valence-electron chi connectivity index (χ4n) is 1.75. The summed E-state index contributed by atoms with van der Waals surface area (Å²) in [5.74, 6) is -0.223. The third-order valence-corrected chi connectivity index (χ3v) is 4.65. The summed E-state index contributed by atoms with van der Waals surface area (Å²) in [6, 6.07) is 10.3. The zero-order valence-corrected chi connectivity index (χ0v) is 12.5. The zero-order valence-electron chi connectivity index (χ0n) is 11.0. The van der Waals surface area contributed by atoms with Gasteiger partial charge in [-0.2, -0.15) is 5.26 Å². The van der Waals surface area contributed by atoms with Gasteiger partial charge in [0.25, 0.3) is 10.0 Å². The van der Waals surface area contributed by atoms with Crippen LogP contribution in [-0.4, -0.2) is 13.5 Å². The first kappa shape index (κ1) is 15.2. The monoisotopic (exact) mass is 322 g/mol. The number of phenols is 1. The van der Waals surface area contributed by atoms with Gasteiger partial charge in [0.05, 0.1) is 27.2 Å². The summed E-state index contributed by atoms with van der Waals surface area (Å²) in [6.07, 6.45) is 0. The van der Waals surface area contributed by atoms with Crippen molar-refractivity contribution in [1.29, 1.82) is 5.26 Å². The molecular weight excluding hydrogens is 312 g/mol. The maximum Gasteiger partial charge on any atom is 0.262 e. The Hall–Kier alpha value is -2.23. The second-order valence-electron chi connectivity index (χ2n) is 4.36. The van der Waals surface area contributed by atoms with E-state index in [4.69, 9.17) is 16.9 Å². The first-order valence-electron chi connectivity index (χ1n) is 5.85. The Kier molecular flexibility index (Phi) is 4.07. The van der Waals surface area contributed by atoms with Crippen molar-refractivity contribution in [3.05, 3.63) is 52.5 Å². The number of benzene rings is 2. The molecule has 2 N–H and O–H groups in total. The van der Waals surface area contributed by atoms with E-state index in [1.54, 1.807) is 19.1 Å². The molecule has 0 aliphatic heterocycles. The number of sulfonamides is 1. The third-order valence-electron chi connectivity index (χ3n) is 2.81. The smallest absolute Gasteiger partial charge is 0.262 e. The number of nitrogens with one attached hydrogen (secondary N) is 1. The molecule has 0 aliphatic rings. The van der Waals surface area contributed by atoms with Crippen molar-refractivity contribution >= 4 is 27.3 Å². The number of phenolic OH excluding ortho intramolecular Hbond substituents is 1. The van der Waals surface area contributed by atoms with Crippen LogP contribution in [-0.2, 0) is 10.0 Å². The molecule has 0 aliphatic carbocycles. The summed E-state index contributed by atoms with van der Waals surface area (Å²) in [5.41, 5.74) is 0.943. The summed E-state index contributed by atoms with van der Waals surface area (Å²) >= 11 is 5.67. The van der Waals surface area contributed by atoms with Gasteiger partial charge in [0.2, 0.25) is 0 Å². The minimum Gasteiger partial charge on any atom is -0.506 e. The average molecular weight is 323 g/mol. The normalized spacial score (nSPS) is 10.9. The van der Waals surface area contributed by atoms with E-state index in [2.05, 4.69) is 4.72 Å². The van der Waals surface area contributed by atoms with Crippen molar-refractivity contribution in [3.63, 3.8) is 0 Å². The molecule has 0 fully saturated rings. The molecule has 2 aromatic carbocycles. The highest BCUT2D eigenvalue weighted by atomic mass is 35.5. The molecule has 21 heavy (non-hydrogen) atoms. The van der Waals surface area contributed by atoms with Crippen molar-refractivity contribution in [2.24, 2.45) is 0 Å². The molecule has 0 unspecified atom stereocenters. The molecule has 2 aromatic rings. The Morgan fingerprint density at radius 1 is 1.24 bits per heavy atom. The van der Waals surface area contributed by atoms with E-state index in [0.29, 0.717) is 5.56 Å². The van der Waals surface area contributed by atoms with Crippen molar-refractivity contribution in [1.82, 2.24) is 0 Å². The molecule has 5 nitrogen and oxygen atoms in total. The van der Waals surface area contributed by atoms with Gasteiger partial charge in [0, 0.05) is 6.07 Å². The van der Waals surface area contributed by atoms with Crippen LogP contribution in [0.15, 0.2) is 41.3 Å². The molecule has 108 valence electrons. The molecule has 0 spiro atoms. The Balaban J connectivity index is 2.43. The van der Waals surface area contributed by atoms with Crippen molar-refractivity contribution in [3.8, 4) is 11.8 Å². The molecule has 0 atom stereocenters. The fourth-order valence-corrected chi connectivity index (χ4v) is 3.18. The fraction of sp³-hybridized carbons (Fsp3) is 0.0714. The maximum atomic E-state index is 12.4. The summed E-state index contributed by atoms with van der Waals surface area (Å²) < 4.78 is 27.0. The van der Waals surface area contributed by atoms with Crippen LogP contribution >= 0.6 is 11.6 Å². The molecule has 0 amide bonds. The molecule has 0 heterocycles. The van der Waals surface area contributed by atoms with Crippen LogP contribution < -0.4 is 4.72 Å². The summed E-state index contributed by atoms with van der Waals surface area (Å²) in [5, 5.41) is 18.5. The average Bonchev–Trinajstić information content (AvgIpc) is 2.43. The first-order valence-corrected chi connectivity index (χ1v) is 7.71. The number of rotatable bonds is 3. The van der Waals surface area contributed by atoms with Crippen LogP contribution in [0.4, 0.5) is 5.69 Å². The van der Waals surface area contributed by atoms with Gasteiger partial charge in [-0.1, -0.05) is 17.7 Å². The number of aromatic hydroxyl groups is 1. The summed E-state index contributed by atoms with van der Waals surface area (Å²) in [6.45, 7) is 1.63. The minimum atomic E-state index is -3.86. The van der Waals surface area contributed by atoms with Crippen LogP contribution in [0, 0.1) is 18.3 Å². The highest BCUT2D eigenvalue weighted by molar-refractivity contribution is 7.92. The predicted octanol–water partition coefficient (Wildman–Crippen LogP) is 3.03. The standard InChI is InChI=1S/C14H11ClN2O3S/c1-9-2-3-10(8-16)6-14(9)21(19,20)17-11-4-5-12(15)13(18)7-11/h2-7,17-18H,1H3. The second-order valence-corrected chi connectivity index (χ2v) is 6.42. The number of nitrogens with zero attached hydrogens (tertiary/aromatic N) is 1. The zero-order chi connectivity index (χ0) is 15.6. The van der Waals surface area contributed by atoms with Crippen molar-refractivity contribution < 1.29 is 13.5 Å². The number of hydrogen-bond donors (Lipinski definition) is 2. The van der Waals surface area contributed by atoms with Gasteiger partial charge in [-0.3, -0.25) is 4.72 Å². The van der Waals surface area contributed by atoms with E-state index < -0.39 is 10.0 Å². The Morgan fingerprint density at radius 2 is 1.95 bits per heavy atom. The Bertz CT molecular complexity index is 842. The Labute approximate surface area is 127 Å². The third kappa shape index (κ3) is 3.27. The first-order chi connectivity index (χ1) is 9.83. The van der Waals surface area contributed by atoms with E-state index in [-0.39, 0.29) is 26.9 Å². The number of halogens is 1. The largest absolute Gasteiger partial charge is 0.506 e. The molecule has 0 saturated carbocycles. The lowest BCUT2D eigenvalue weighted by Crippen LogP contribution is -2.14. The van der Waals surface area contributed by atoms with Crippen LogP contribution in [0.1, 0.15) is 11.1 Å². The molecule has 0 radical (unpaired) electrons. The summed E-state index contributed by atoms with van der Waals surface area (Å²) in [4.78, 5) is 0.0102. The molecule has 0 bridgehead atoms. The predicted molar refractivity (Wildman–Crippen MR) is 79.8 cm³/mol. The van der Waals surface area contributed by atoms with E-state index in [0.717, 1.165) is 0 Å². The number of aryl methyl sites for hydroxylation is 1. The molecular formula is C14H11ClN2O3S. The lowest BCUT2D eigenvalue weighted by Gasteiger charge is -2.11. The van der Waals surface area contributed by atoms with Crippen LogP contribution in [0.2, 0.25) is 5.02 Å². The van der Waals surface area contributed by atoms with E-state index in [1.807, 2.05) is 6.07 Å². The van der Waals surface area contributed by atoms with Crippen LogP contribution in [0.25, 0.3) is 0 Å². The number of nitriles is 1. The van der Waals surface area contributed by atoms with Crippen LogP contribution in [0.3, 0.4) is 0 Å². The van der Waals surface area contributed by atoms with E-state index in [9.17, 15) is 13.5 Å². The molecule has 2 rings (SSSR count). The van der Waals surface area contributed by atoms with Gasteiger partial charge in [-0.15, -0.1) is 0 Å². The van der Waals surface area contributed by atoms with Crippen molar-refractivity contribution in [2.75, 3.05) is 4.72 Å². The highest BCUT2D eigenvalue weighted by Crippen LogP contribution is 2.28. The topological polar surface area (TPSA) is 90.2 Å². The second kappa shape index (κ2) is 5.64. The molecule has 0 saturated heterocycles. The van der Waals surface area contributed by atoms with E-state index in [1.165, 1.54) is 24.3 Å². The van der Waals surface area contributed by atoms with Gasteiger partial charge >= 0.3 is 0 Å². The van der Waals surface area contributed by atoms with E-state index >= 15 is 0 Å². The van der Waals surface area contributed by atoms with Crippen LogP contribution in [0.5, 0.6) is 5.75 Å². The highest BCUT2D eigenvalue weighted by Gasteiger charge is 2.18. The number of anilines is 1. The number of hydrogen-bond acceptors (Lipinski definition) is 4. The van der Waals surface area contributed by atoms with Crippen molar-refractivity contribution in [2.45, 2.75) is 11.8 Å². The lowest BCUT2D eigenvalue weighted by atomic mass is 10.2. The molecule has 0 aromatic heterocycles. The Morgan fingerprint density at radius 3 is 2.57 bits per heavy atom. The lowest BCUT2D eigenvalue weighted by molar-refractivity contribution is 0.476. The SMILES string of the molecule is Cc1ccc(C#N)cc1S(=O)(=O)Nc1ccc(Cl)c(O)c1. The maximum absolute atomic E-state index is 12.4. The quantitative estimate of drug-likeness (QED) is 0.908. The van der Waals surface area contributed by atoms with Gasteiger partial charge in [-0.25, -0.2) is 8.42 Å². The van der Waals surface area contributed by atoms with Gasteiger partial charge < -0.3 is 5.11 Å².